The van der Waals surface area contributed by atoms with Crippen LogP contribution in [-0.4, -0.2) is 23.3 Å². The molecule has 0 fully saturated rings. The molecule has 4 nitrogen and oxygen atoms in total. The monoisotopic (exact) mass is 290 g/mol. The van der Waals surface area contributed by atoms with Gasteiger partial charge in [0, 0.05) is 11.1 Å². The molecule has 1 aromatic heterocycles. The molecule has 0 unspecified atom stereocenters. The maximum Gasteiger partial charge on any atom is 0.337 e. The van der Waals surface area contributed by atoms with Gasteiger partial charge in [-0.15, -0.1) is 0 Å². The molecule has 0 spiro atoms. The van der Waals surface area contributed by atoms with Crippen molar-refractivity contribution >= 4 is 5.97 Å². The van der Waals surface area contributed by atoms with Gasteiger partial charge in [-0.1, -0.05) is 42.5 Å². The highest BCUT2D eigenvalue weighted by Gasteiger charge is 2.08. The number of rotatable bonds is 3. The zero-order valence-electron chi connectivity index (χ0n) is 12.1. The van der Waals surface area contributed by atoms with E-state index >= 15 is 0 Å². The number of hydrogen-bond donors (Lipinski definition) is 0. The Morgan fingerprint density at radius 3 is 2.45 bits per heavy atom. The Bertz CT molecular complexity index is 801. The second-order valence-electron chi connectivity index (χ2n) is 4.77. The molecule has 3 rings (SSSR count). The van der Waals surface area contributed by atoms with E-state index < -0.39 is 0 Å². The van der Waals surface area contributed by atoms with E-state index in [-0.39, 0.29) is 5.97 Å². The van der Waals surface area contributed by atoms with Crippen LogP contribution in [-0.2, 0) is 4.74 Å². The highest BCUT2D eigenvalue weighted by atomic mass is 16.5. The van der Waals surface area contributed by atoms with E-state index in [2.05, 4.69) is 10.2 Å². The number of esters is 1. The van der Waals surface area contributed by atoms with E-state index in [1.165, 1.54) is 7.11 Å². The highest BCUT2D eigenvalue weighted by molar-refractivity contribution is 5.91. The molecule has 2 aromatic carbocycles. The van der Waals surface area contributed by atoms with Crippen molar-refractivity contribution in [3.05, 3.63) is 72.4 Å². The molecule has 0 N–H and O–H groups in total. The number of aromatic nitrogens is 2. The van der Waals surface area contributed by atoms with Crippen LogP contribution < -0.4 is 0 Å². The number of methoxy groups -OCH3 is 1. The first-order valence-corrected chi connectivity index (χ1v) is 6.85. The average molecular weight is 290 g/mol. The van der Waals surface area contributed by atoms with Gasteiger partial charge < -0.3 is 4.74 Å². The summed E-state index contributed by atoms with van der Waals surface area (Å²) in [5, 5.41) is 8.23. The first-order chi connectivity index (χ1) is 10.8. The van der Waals surface area contributed by atoms with Crippen LogP contribution in [0, 0.1) is 0 Å². The van der Waals surface area contributed by atoms with Gasteiger partial charge in [0.05, 0.1) is 24.6 Å². The van der Waals surface area contributed by atoms with Crippen LogP contribution in [0.15, 0.2) is 66.9 Å². The molecule has 0 saturated carbocycles. The minimum atomic E-state index is -0.354. The molecule has 0 amide bonds. The summed E-state index contributed by atoms with van der Waals surface area (Å²) in [6.45, 7) is 0. The lowest BCUT2D eigenvalue weighted by atomic mass is 10.0. The quantitative estimate of drug-likeness (QED) is 0.692. The van der Waals surface area contributed by atoms with Gasteiger partial charge in [-0.05, 0) is 23.8 Å². The van der Waals surface area contributed by atoms with Gasteiger partial charge in [-0.2, -0.15) is 10.2 Å². The predicted octanol–water partition coefficient (Wildman–Crippen LogP) is 3.60. The Morgan fingerprint density at radius 1 is 0.909 bits per heavy atom. The second kappa shape index (κ2) is 6.18. The fraction of sp³-hybridized carbons (Fsp3) is 0.0556. The van der Waals surface area contributed by atoms with Crippen molar-refractivity contribution < 1.29 is 9.53 Å². The van der Waals surface area contributed by atoms with E-state index in [1.807, 2.05) is 48.5 Å². The first kappa shape index (κ1) is 13.9. The van der Waals surface area contributed by atoms with Gasteiger partial charge in [-0.3, -0.25) is 0 Å². The van der Waals surface area contributed by atoms with Gasteiger partial charge >= 0.3 is 5.97 Å². The van der Waals surface area contributed by atoms with Gasteiger partial charge in [0.15, 0.2) is 0 Å². The zero-order chi connectivity index (χ0) is 15.4. The molecule has 0 aliphatic rings. The molecular weight excluding hydrogens is 276 g/mol. The van der Waals surface area contributed by atoms with Crippen LogP contribution in [0.5, 0.6) is 0 Å². The Morgan fingerprint density at radius 2 is 1.68 bits per heavy atom. The minimum Gasteiger partial charge on any atom is -0.465 e. The summed E-state index contributed by atoms with van der Waals surface area (Å²) in [5.74, 6) is -0.354. The molecule has 3 aromatic rings. The summed E-state index contributed by atoms with van der Waals surface area (Å²) in [4.78, 5) is 11.6. The number of ether oxygens (including phenoxy) is 1. The summed E-state index contributed by atoms with van der Waals surface area (Å²) in [7, 11) is 1.37. The van der Waals surface area contributed by atoms with Gasteiger partial charge in [0.1, 0.15) is 0 Å². The van der Waals surface area contributed by atoms with E-state index in [1.54, 1.807) is 18.3 Å². The molecule has 0 aliphatic heterocycles. The molecule has 0 aliphatic carbocycles. The Hall–Kier alpha value is -3.01. The summed E-state index contributed by atoms with van der Waals surface area (Å²) >= 11 is 0. The van der Waals surface area contributed by atoms with Crippen molar-refractivity contribution in [2.24, 2.45) is 0 Å². The fourth-order valence-corrected chi connectivity index (χ4v) is 2.22. The van der Waals surface area contributed by atoms with Crippen LogP contribution in [0.25, 0.3) is 22.4 Å². The first-order valence-electron chi connectivity index (χ1n) is 6.85. The van der Waals surface area contributed by atoms with Crippen LogP contribution in [0.1, 0.15) is 10.4 Å². The largest absolute Gasteiger partial charge is 0.465 e. The average Bonchev–Trinajstić information content (AvgIpc) is 2.62. The van der Waals surface area contributed by atoms with Gasteiger partial charge in [-0.25, -0.2) is 4.79 Å². The molecule has 0 bridgehead atoms. The lowest BCUT2D eigenvalue weighted by Crippen LogP contribution is -2.00. The maximum absolute atomic E-state index is 11.6. The number of carbonyl (C=O) groups excluding carboxylic acids is 1. The Labute approximate surface area is 128 Å². The van der Waals surface area contributed by atoms with E-state index in [9.17, 15) is 4.79 Å². The summed E-state index contributed by atoms with van der Waals surface area (Å²) in [6.07, 6.45) is 1.68. The molecule has 4 heteroatoms. The molecule has 1 heterocycles. The molecule has 0 radical (unpaired) electrons. The number of benzene rings is 2. The SMILES string of the molecule is COC(=O)c1cccc(-c2cnnc(-c3ccccc3)c2)c1. The summed E-state index contributed by atoms with van der Waals surface area (Å²) in [5.41, 5.74) is 4.11. The number of nitrogens with zero attached hydrogens (tertiary/aromatic N) is 2. The standard InChI is InChI=1S/C18H14N2O2/c1-22-18(21)15-9-5-8-14(10-15)16-11-17(20-19-12-16)13-6-3-2-4-7-13/h2-12H,1H3. The number of hydrogen-bond acceptors (Lipinski definition) is 4. The minimum absolute atomic E-state index is 0.354. The lowest BCUT2D eigenvalue weighted by Gasteiger charge is -2.06. The van der Waals surface area contributed by atoms with Crippen molar-refractivity contribution in [2.45, 2.75) is 0 Å². The second-order valence-corrected chi connectivity index (χ2v) is 4.77. The Balaban J connectivity index is 2.01. The van der Waals surface area contributed by atoms with Crippen molar-refractivity contribution in [3.63, 3.8) is 0 Å². The third kappa shape index (κ3) is 2.86. The lowest BCUT2D eigenvalue weighted by molar-refractivity contribution is 0.0601. The molecule has 22 heavy (non-hydrogen) atoms. The highest BCUT2D eigenvalue weighted by Crippen LogP contribution is 2.24. The summed E-state index contributed by atoms with van der Waals surface area (Å²) < 4.78 is 4.75. The Kier molecular flexibility index (Phi) is 3.92. The van der Waals surface area contributed by atoms with E-state index in [0.29, 0.717) is 5.56 Å². The summed E-state index contributed by atoms with van der Waals surface area (Å²) in [6, 6.07) is 19.1. The predicted molar refractivity (Wildman–Crippen MR) is 84.2 cm³/mol. The van der Waals surface area contributed by atoms with Crippen LogP contribution in [0.4, 0.5) is 0 Å². The molecule has 0 saturated heterocycles. The van der Waals surface area contributed by atoms with E-state index in [0.717, 1.165) is 22.4 Å². The molecule has 0 atom stereocenters. The maximum atomic E-state index is 11.6. The smallest absolute Gasteiger partial charge is 0.337 e. The normalized spacial score (nSPS) is 10.2. The van der Waals surface area contributed by atoms with Crippen LogP contribution in [0.2, 0.25) is 0 Å². The van der Waals surface area contributed by atoms with E-state index in [4.69, 9.17) is 4.74 Å². The van der Waals surface area contributed by atoms with Gasteiger partial charge in [0.25, 0.3) is 0 Å². The topological polar surface area (TPSA) is 52.1 Å². The fourth-order valence-electron chi connectivity index (χ4n) is 2.22. The zero-order valence-corrected chi connectivity index (χ0v) is 12.1. The third-order valence-corrected chi connectivity index (χ3v) is 3.34. The van der Waals surface area contributed by atoms with Crippen molar-refractivity contribution in [1.29, 1.82) is 0 Å². The van der Waals surface area contributed by atoms with Gasteiger partial charge in [0.2, 0.25) is 0 Å². The number of carbonyl (C=O) groups is 1. The van der Waals surface area contributed by atoms with Crippen LogP contribution >= 0.6 is 0 Å². The van der Waals surface area contributed by atoms with Crippen LogP contribution in [0.3, 0.4) is 0 Å². The molecule has 108 valence electrons. The third-order valence-electron chi connectivity index (χ3n) is 3.34. The van der Waals surface area contributed by atoms with Crippen molar-refractivity contribution in [1.82, 2.24) is 10.2 Å². The molecular formula is C18H14N2O2. The van der Waals surface area contributed by atoms with Crippen molar-refractivity contribution in [3.8, 4) is 22.4 Å². The van der Waals surface area contributed by atoms with Crippen molar-refractivity contribution in [2.75, 3.05) is 7.11 Å².